The van der Waals surface area contributed by atoms with E-state index in [1.807, 2.05) is 0 Å². The molecule has 0 spiro atoms. The third-order valence-corrected chi connectivity index (χ3v) is 7.74. The van der Waals surface area contributed by atoms with Gasteiger partial charge in [0.2, 0.25) is 0 Å². The zero-order valence-electron chi connectivity index (χ0n) is 22.1. The average Bonchev–Trinajstić information content (AvgIpc) is 2.96. The second-order valence-electron chi connectivity index (χ2n) is 9.99. The summed E-state index contributed by atoms with van der Waals surface area (Å²) in [5, 5.41) is 0.366. The lowest BCUT2D eigenvalue weighted by molar-refractivity contribution is -0.0593. The van der Waals surface area contributed by atoms with E-state index in [4.69, 9.17) is 21.1 Å². The fourth-order valence-corrected chi connectivity index (χ4v) is 5.62. The third kappa shape index (κ3) is 6.10. The highest BCUT2D eigenvalue weighted by Gasteiger charge is 2.31. The number of rotatable bonds is 6. The van der Waals surface area contributed by atoms with Crippen LogP contribution in [0.3, 0.4) is 0 Å². The SMILES string of the molecule is COc1cccc(Cl)c1C(=O)N1CCC(OC2CCN(C(=O)c3cccnc3-c3cc(F)cc(F)c3)CC2)CC1. The van der Waals surface area contributed by atoms with E-state index in [0.29, 0.717) is 73.8 Å². The molecule has 0 unspecified atom stereocenters. The summed E-state index contributed by atoms with van der Waals surface area (Å²) in [5.74, 6) is -1.37. The Balaban J connectivity index is 1.14. The standard InChI is InChI=1S/C30H30ClF2N3O4/c1-39-26-6-2-5-25(31)27(26)30(38)36-14-9-23(10-15-36)40-22-7-12-35(13-8-22)29(37)24-4-3-11-34-28(24)19-16-20(32)18-21(33)17-19/h2-6,11,16-18,22-23H,7-10,12-15H2,1H3. The highest BCUT2D eigenvalue weighted by molar-refractivity contribution is 6.34. The van der Waals surface area contributed by atoms with Crippen LogP contribution in [-0.2, 0) is 4.74 Å². The van der Waals surface area contributed by atoms with Gasteiger partial charge in [-0.3, -0.25) is 14.6 Å². The van der Waals surface area contributed by atoms with E-state index in [1.54, 1.807) is 40.1 Å². The van der Waals surface area contributed by atoms with Crippen molar-refractivity contribution < 1.29 is 27.8 Å². The van der Waals surface area contributed by atoms with Gasteiger partial charge < -0.3 is 19.3 Å². The fourth-order valence-electron chi connectivity index (χ4n) is 5.37. The number of carbonyl (C=O) groups is 2. The van der Waals surface area contributed by atoms with Crippen molar-refractivity contribution in [1.29, 1.82) is 0 Å². The molecule has 10 heteroatoms. The van der Waals surface area contributed by atoms with Gasteiger partial charge in [-0.1, -0.05) is 17.7 Å². The maximum absolute atomic E-state index is 13.8. The highest BCUT2D eigenvalue weighted by atomic mass is 35.5. The molecule has 7 nitrogen and oxygen atoms in total. The van der Waals surface area contributed by atoms with Crippen LogP contribution in [0.4, 0.5) is 8.78 Å². The van der Waals surface area contributed by atoms with Gasteiger partial charge in [0.15, 0.2) is 0 Å². The zero-order valence-corrected chi connectivity index (χ0v) is 22.9. The molecule has 2 amide bonds. The van der Waals surface area contributed by atoms with Gasteiger partial charge >= 0.3 is 0 Å². The molecule has 0 saturated carbocycles. The average molecular weight is 570 g/mol. The molecule has 0 atom stereocenters. The lowest BCUT2D eigenvalue weighted by Gasteiger charge is -2.37. The number of benzene rings is 2. The number of aromatic nitrogens is 1. The molecule has 5 rings (SSSR count). The molecule has 0 radical (unpaired) electrons. The van der Waals surface area contributed by atoms with Crippen molar-refractivity contribution in [1.82, 2.24) is 14.8 Å². The van der Waals surface area contributed by atoms with Gasteiger partial charge in [-0.2, -0.15) is 0 Å². The second-order valence-corrected chi connectivity index (χ2v) is 10.4. The first kappa shape index (κ1) is 28.0. The minimum absolute atomic E-state index is 0.00523. The molecule has 2 saturated heterocycles. The fraction of sp³-hybridized carbons (Fsp3) is 0.367. The van der Waals surface area contributed by atoms with Crippen LogP contribution in [0, 0.1) is 11.6 Å². The molecular weight excluding hydrogens is 540 g/mol. The Labute approximate surface area is 236 Å². The summed E-state index contributed by atoms with van der Waals surface area (Å²) in [4.78, 5) is 34.2. The Morgan fingerprint density at radius 1 is 0.875 bits per heavy atom. The summed E-state index contributed by atoms with van der Waals surface area (Å²) < 4.78 is 39.3. The Hall–Kier alpha value is -3.56. The number of likely N-dealkylation sites (tertiary alicyclic amines) is 2. The first-order chi connectivity index (χ1) is 19.3. The highest BCUT2D eigenvalue weighted by Crippen LogP contribution is 2.30. The smallest absolute Gasteiger partial charge is 0.259 e. The molecule has 2 aromatic carbocycles. The first-order valence-corrected chi connectivity index (χ1v) is 13.7. The number of hydrogen-bond acceptors (Lipinski definition) is 5. The van der Waals surface area contributed by atoms with Crippen molar-refractivity contribution in [3.8, 4) is 17.0 Å². The van der Waals surface area contributed by atoms with E-state index in [1.165, 1.54) is 25.4 Å². The van der Waals surface area contributed by atoms with Crippen LogP contribution in [0.15, 0.2) is 54.7 Å². The normalized spacial score (nSPS) is 16.7. The molecule has 40 heavy (non-hydrogen) atoms. The molecule has 0 aliphatic carbocycles. The number of halogens is 3. The van der Waals surface area contributed by atoms with Crippen LogP contribution in [0.5, 0.6) is 5.75 Å². The predicted molar refractivity (Wildman–Crippen MR) is 147 cm³/mol. The molecule has 2 aliphatic heterocycles. The number of pyridine rings is 1. The summed E-state index contributed by atoms with van der Waals surface area (Å²) in [5.41, 5.74) is 1.15. The van der Waals surface area contributed by atoms with Crippen molar-refractivity contribution >= 4 is 23.4 Å². The summed E-state index contributed by atoms with van der Waals surface area (Å²) in [6.45, 7) is 2.11. The number of carbonyl (C=O) groups excluding carboxylic acids is 2. The second kappa shape index (κ2) is 12.3. The largest absolute Gasteiger partial charge is 0.496 e. The Kier molecular flexibility index (Phi) is 8.61. The minimum atomic E-state index is -0.726. The lowest BCUT2D eigenvalue weighted by atomic mass is 10.0. The van der Waals surface area contributed by atoms with Crippen molar-refractivity contribution in [2.24, 2.45) is 0 Å². The summed E-state index contributed by atoms with van der Waals surface area (Å²) in [6, 6.07) is 11.6. The molecule has 1 aromatic heterocycles. The number of hydrogen-bond donors (Lipinski definition) is 0. The van der Waals surface area contributed by atoms with Gasteiger partial charge in [-0.25, -0.2) is 8.78 Å². The monoisotopic (exact) mass is 569 g/mol. The molecule has 3 aromatic rings. The van der Waals surface area contributed by atoms with Crippen molar-refractivity contribution in [2.75, 3.05) is 33.3 Å². The quantitative estimate of drug-likeness (QED) is 0.386. The van der Waals surface area contributed by atoms with Crippen LogP contribution >= 0.6 is 11.6 Å². The van der Waals surface area contributed by atoms with Gasteiger partial charge in [0.05, 0.1) is 35.6 Å². The molecule has 2 aliphatic rings. The molecule has 3 heterocycles. The van der Waals surface area contributed by atoms with Crippen LogP contribution in [0.1, 0.15) is 46.4 Å². The van der Waals surface area contributed by atoms with Crippen molar-refractivity contribution in [2.45, 2.75) is 37.9 Å². The van der Waals surface area contributed by atoms with Gasteiger partial charge in [-0.15, -0.1) is 0 Å². The minimum Gasteiger partial charge on any atom is -0.496 e. The first-order valence-electron chi connectivity index (χ1n) is 13.3. The van der Waals surface area contributed by atoms with E-state index in [2.05, 4.69) is 4.98 Å². The molecule has 0 bridgehead atoms. The van der Waals surface area contributed by atoms with E-state index < -0.39 is 11.6 Å². The van der Waals surface area contributed by atoms with E-state index in [-0.39, 0.29) is 35.3 Å². The number of nitrogens with zero attached hydrogens (tertiary/aromatic N) is 3. The topological polar surface area (TPSA) is 72.0 Å². The Bertz CT molecular complexity index is 1370. The van der Waals surface area contributed by atoms with Crippen molar-refractivity contribution in [3.63, 3.8) is 0 Å². The van der Waals surface area contributed by atoms with Crippen LogP contribution < -0.4 is 4.74 Å². The van der Waals surface area contributed by atoms with Gasteiger partial charge in [0.1, 0.15) is 22.9 Å². The number of amides is 2. The van der Waals surface area contributed by atoms with Crippen molar-refractivity contribution in [3.05, 3.63) is 82.5 Å². The number of ether oxygens (including phenoxy) is 2. The van der Waals surface area contributed by atoms with E-state index in [9.17, 15) is 18.4 Å². The van der Waals surface area contributed by atoms with Gasteiger partial charge in [-0.05, 0) is 62.1 Å². The molecule has 2 fully saturated rings. The maximum Gasteiger partial charge on any atom is 0.259 e. The summed E-state index contributed by atoms with van der Waals surface area (Å²) >= 11 is 6.29. The molecular formula is C30H30ClF2N3O4. The maximum atomic E-state index is 13.8. The molecule has 0 N–H and O–H groups in total. The Morgan fingerprint density at radius 3 is 2.08 bits per heavy atom. The van der Waals surface area contributed by atoms with Crippen LogP contribution in [0.25, 0.3) is 11.3 Å². The lowest BCUT2D eigenvalue weighted by Crippen LogP contribution is -2.45. The predicted octanol–water partition coefficient (Wildman–Crippen LogP) is 5.61. The van der Waals surface area contributed by atoms with Gasteiger partial charge in [0.25, 0.3) is 11.8 Å². The Morgan fingerprint density at radius 2 is 1.48 bits per heavy atom. The zero-order chi connectivity index (χ0) is 28.2. The summed E-state index contributed by atoms with van der Waals surface area (Å²) in [7, 11) is 1.52. The number of piperidine rings is 2. The van der Waals surface area contributed by atoms with E-state index in [0.717, 1.165) is 6.07 Å². The van der Waals surface area contributed by atoms with Crippen LogP contribution in [-0.4, -0.2) is 72.1 Å². The van der Waals surface area contributed by atoms with E-state index >= 15 is 0 Å². The van der Waals surface area contributed by atoms with Crippen LogP contribution in [0.2, 0.25) is 5.02 Å². The third-order valence-electron chi connectivity index (χ3n) is 7.43. The number of methoxy groups -OCH3 is 1. The molecule has 210 valence electrons. The summed E-state index contributed by atoms with van der Waals surface area (Å²) in [6.07, 6.45) is 4.29. The van der Waals surface area contributed by atoms with Gasteiger partial charge in [0, 0.05) is 44.0 Å².